The van der Waals surface area contributed by atoms with E-state index >= 15 is 0 Å². The first kappa shape index (κ1) is 33.0. The van der Waals surface area contributed by atoms with Crippen molar-refractivity contribution in [3.8, 4) is 5.75 Å². The third-order valence-electron chi connectivity index (χ3n) is 9.09. The maximum absolute atomic E-state index is 14.5. The lowest BCUT2D eigenvalue weighted by Gasteiger charge is -2.36. The van der Waals surface area contributed by atoms with Crippen LogP contribution >= 0.6 is 0 Å². The van der Waals surface area contributed by atoms with Crippen molar-refractivity contribution in [2.45, 2.75) is 111 Å². The van der Waals surface area contributed by atoms with Crippen molar-refractivity contribution < 1.29 is 23.8 Å². The normalized spacial score (nSPS) is 24.6. The van der Waals surface area contributed by atoms with Gasteiger partial charge in [0.25, 0.3) is 5.91 Å². The van der Waals surface area contributed by atoms with E-state index in [1.807, 2.05) is 30.0 Å². The first-order valence-corrected chi connectivity index (χ1v) is 15.9. The van der Waals surface area contributed by atoms with Crippen LogP contribution in [0.1, 0.15) is 96.0 Å². The van der Waals surface area contributed by atoms with Gasteiger partial charge >= 0.3 is 5.97 Å². The van der Waals surface area contributed by atoms with E-state index in [9.17, 15) is 9.59 Å². The molecule has 2 aliphatic heterocycles. The van der Waals surface area contributed by atoms with Gasteiger partial charge in [0.05, 0.1) is 19.8 Å². The van der Waals surface area contributed by atoms with Crippen LogP contribution in [0, 0.1) is 18.3 Å². The molecule has 2 heterocycles. The molecule has 0 saturated carbocycles. The number of carbonyl (C=O) groups excluding carboxylic acids is 2. The second kappa shape index (κ2) is 13.4. The van der Waals surface area contributed by atoms with Crippen LogP contribution in [0.15, 0.2) is 42.5 Å². The maximum Gasteiger partial charge on any atom is 0.329 e. The largest absolute Gasteiger partial charge is 0.496 e. The van der Waals surface area contributed by atoms with Crippen LogP contribution in [0.2, 0.25) is 0 Å². The van der Waals surface area contributed by atoms with E-state index in [0.717, 1.165) is 35.3 Å². The van der Waals surface area contributed by atoms with Crippen LogP contribution in [-0.2, 0) is 31.0 Å². The van der Waals surface area contributed by atoms with E-state index in [0.29, 0.717) is 19.6 Å². The summed E-state index contributed by atoms with van der Waals surface area (Å²) in [5, 5.41) is 3.88. The van der Waals surface area contributed by atoms with Gasteiger partial charge in [-0.1, -0.05) is 77.9 Å². The molecular formula is C36H52N2O5. The van der Waals surface area contributed by atoms with Crippen molar-refractivity contribution in [1.29, 1.82) is 0 Å². The molecule has 0 spiro atoms. The zero-order chi connectivity index (χ0) is 31.5. The summed E-state index contributed by atoms with van der Waals surface area (Å²) in [6.45, 7) is 18.3. The minimum atomic E-state index is -0.761. The predicted octanol–water partition coefficient (Wildman–Crippen LogP) is 6.51. The fourth-order valence-corrected chi connectivity index (χ4v) is 6.90. The molecule has 1 amide bonds. The number of nitrogens with one attached hydrogen (secondary N) is 1. The summed E-state index contributed by atoms with van der Waals surface area (Å²) in [7, 11) is 1.70. The highest BCUT2D eigenvalue weighted by atomic mass is 16.5. The number of nitrogens with zero attached hydrogens (tertiary/aromatic N) is 1. The Morgan fingerprint density at radius 2 is 1.77 bits per heavy atom. The number of esters is 1. The highest BCUT2D eigenvalue weighted by Gasteiger charge is 2.59. The number of ether oxygens (including phenoxy) is 3. The topological polar surface area (TPSA) is 77.1 Å². The summed E-state index contributed by atoms with van der Waals surface area (Å²) >= 11 is 0. The molecule has 2 aliphatic rings. The van der Waals surface area contributed by atoms with Gasteiger partial charge in [0, 0.05) is 30.7 Å². The SMILES string of the molecule is CCOC(=O)[C@@H]1[C@@H](C(C)(C)C)[C@H](NCc2cc(C(C)(C)C)ccc2OC)[C@H](c2ccccc2C)N1C(=O)[C@@H]1CCCCO1. The predicted molar refractivity (Wildman–Crippen MR) is 170 cm³/mol. The van der Waals surface area contributed by atoms with Crippen molar-refractivity contribution >= 4 is 11.9 Å². The van der Waals surface area contributed by atoms with Gasteiger partial charge < -0.3 is 24.4 Å². The van der Waals surface area contributed by atoms with Crippen molar-refractivity contribution in [3.63, 3.8) is 0 Å². The molecule has 2 aromatic carbocycles. The van der Waals surface area contributed by atoms with Crippen LogP contribution in [0.5, 0.6) is 5.75 Å². The Morgan fingerprint density at radius 1 is 1.05 bits per heavy atom. The molecule has 236 valence electrons. The molecule has 0 bridgehead atoms. The number of rotatable bonds is 8. The van der Waals surface area contributed by atoms with Gasteiger partial charge in [0.15, 0.2) is 0 Å². The summed E-state index contributed by atoms with van der Waals surface area (Å²) in [6.07, 6.45) is 1.95. The monoisotopic (exact) mass is 592 g/mol. The Bertz CT molecular complexity index is 1270. The lowest BCUT2D eigenvalue weighted by molar-refractivity contribution is -0.162. The molecule has 7 nitrogen and oxygen atoms in total. The Hall–Kier alpha value is -2.90. The van der Waals surface area contributed by atoms with E-state index in [1.54, 1.807) is 7.11 Å². The summed E-state index contributed by atoms with van der Waals surface area (Å²) in [5.74, 6) is 0.0860. The third kappa shape index (κ3) is 7.09. The molecule has 0 unspecified atom stereocenters. The highest BCUT2D eigenvalue weighted by Crippen LogP contribution is 2.49. The number of carbonyl (C=O) groups is 2. The summed E-state index contributed by atoms with van der Waals surface area (Å²) in [5.41, 5.74) is 4.00. The standard InChI is InChI=1S/C36H52N2O5/c1-10-42-34(40)32-29(36(6,7)8)30(37-22-24-21-25(35(3,4)5)18-19-27(24)41-9)31(26-16-12-11-15-23(26)2)38(32)33(39)28-17-13-14-20-43-28/h11-12,15-16,18-19,21,28-32,37H,10,13-14,17,20,22H2,1-9H3/t28-,29-,30-,31-,32-/m0/s1. The number of hydrogen-bond acceptors (Lipinski definition) is 6. The number of aryl methyl sites for hydroxylation is 1. The van der Waals surface area contributed by atoms with Crippen LogP contribution in [-0.4, -0.2) is 55.3 Å². The minimum Gasteiger partial charge on any atom is -0.496 e. The molecule has 5 atom stereocenters. The van der Waals surface area contributed by atoms with Crippen LogP contribution in [0.25, 0.3) is 0 Å². The van der Waals surface area contributed by atoms with Gasteiger partial charge in [-0.3, -0.25) is 4.79 Å². The van der Waals surface area contributed by atoms with E-state index in [1.165, 1.54) is 5.56 Å². The average Bonchev–Trinajstić information content (AvgIpc) is 3.31. The lowest BCUT2D eigenvalue weighted by Crippen LogP contribution is -2.51. The third-order valence-corrected chi connectivity index (χ3v) is 9.09. The van der Waals surface area contributed by atoms with E-state index in [-0.39, 0.29) is 41.3 Å². The number of amides is 1. The summed E-state index contributed by atoms with van der Waals surface area (Å²) in [4.78, 5) is 30.3. The van der Waals surface area contributed by atoms with Gasteiger partial charge in [-0.25, -0.2) is 4.79 Å². The second-order valence-electron chi connectivity index (χ2n) is 14.2. The van der Waals surface area contributed by atoms with E-state index < -0.39 is 18.2 Å². The Morgan fingerprint density at radius 3 is 2.35 bits per heavy atom. The Kier molecular flexibility index (Phi) is 10.3. The average molecular weight is 593 g/mol. The number of methoxy groups -OCH3 is 1. The minimum absolute atomic E-state index is 0.0236. The fraction of sp³-hybridized carbons (Fsp3) is 0.611. The molecule has 0 aliphatic carbocycles. The Labute approximate surface area is 258 Å². The van der Waals surface area contributed by atoms with Crippen molar-refractivity contribution in [1.82, 2.24) is 10.2 Å². The zero-order valence-electron chi connectivity index (χ0n) is 27.7. The van der Waals surface area contributed by atoms with Gasteiger partial charge in [0.2, 0.25) is 0 Å². The highest BCUT2D eigenvalue weighted by molar-refractivity contribution is 5.89. The molecule has 0 radical (unpaired) electrons. The van der Waals surface area contributed by atoms with Gasteiger partial charge in [-0.2, -0.15) is 0 Å². The van der Waals surface area contributed by atoms with Crippen molar-refractivity contribution in [2.75, 3.05) is 20.3 Å². The second-order valence-corrected chi connectivity index (χ2v) is 14.2. The molecule has 2 fully saturated rings. The van der Waals surface area contributed by atoms with Crippen LogP contribution < -0.4 is 10.1 Å². The molecule has 1 N–H and O–H groups in total. The van der Waals surface area contributed by atoms with Gasteiger partial charge in [-0.15, -0.1) is 0 Å². The number of hydrogen-bond donors (Lipinski definition) is 1. The molecule has 7 heteroatoms. The van der Waals surface area contributed by atoms with Crippen molar-refractivity contribution in [3.05, 3.63) is 64.7 Å². The first-order valence-electron chi connectivity index (χ1n) is 15.9. The zero-order valence-corrected chi connectivity index (χ0v) is 27.7. The van der Waals surface area contributed by atoms with Crippen molar-refractivity contribution in [2.24, 2.45) is 11.3 Å². The Balaban J connectivity index is 1.87. The molecule has 0 aromatic heterocycles. The lowest BCUT2D eigenvalue weighted by atomic mass is 9.72. The molecule has 2 aromatic rings. The quantitative estimate of drug-likeness (QED) is 0.353. The van der Waals surface area contributed by atoms with E-state index in [2.05, 4.69) is 78.0 Å². The molecular weight excluding hydrogens is 540 g/mol. The summed E-state index contributed by atoms with van der Waals surface area (Å²) in [6, 6.07) is 13.1. The molecule has 4 rings (SSSR count). The number of likely N-dealkylation sites (tertiary alicyclic amines) is 1. The van der Waals surface area contributed by atoms with Gasteiger partial charge in [0.1, 0.15) is 17.9 Å². The summed E-state index contributed by atoms with van der Waals surface area (Å²) < 4.78 is 17.5. The molecule has 43 heavy (non-hydrogen) atoms. The first-order chi connectivity index (χ1) is 20.3. The van der Waals surface area contributed by atoms with Crippen LogP contribution in [0.4, 0.5) is 0 Å². The molecule has 2 saturated heterocycles. The smallest absolute Gasteiger partial charge is 0.329 e. The number of benzene rings is 2. The van der Waals surface area contributed by atoms with Gasteiger partial charge in [-0.05, 0) is 66.7 Å². The van der Waals surface area contributed by atoms with Crippen LogP contribution in [0.3, 0.4) is 0 Å². The van der Waals surface area contributed by atoms with E-state index in [4.69, 9.17) is 14.2 Å². The maximum atomic E-state index is 14.5. The fourth-order valence-electron chi connectivity index (χ4n) is 6.90.